The number of nitrogens with two attached hydrogens (primary N) is 1. The fourth-order valence-electron chi connectivity index (χ4n) is 0.949. The Morgan fingerprint density at radius 2 is 2.11 bits per heavy atom. The Morgan fingerprint density at radius 3 is 2.22 bits per heavy atom. The molecule has 2 N–H and O–H groups in total. The van der Waals surface area contributed by atoms with E-state index in [0.29, 0.717) is 6.42 Å². The van der Waals surface area contributed by atoms with Crippen LogP contribution in [0.2, 0.25) is 0 Å². The van der Waals surface area contributed by atoms with Gasteiger partial charge in [0.25, 0.3) is 0 Å². The fraction of sp³-hybridized carbons (Fsp3) is 1.00. The van der Waals surface area contributed by atoms with E-state index in [1.807, 2.05) is 0 Å². The zero-order valence-electron chi connectivity index (χ0n) is 4.94. The van der Waals surface area contributed by atoms with Gasteiger partial charge in [0, 0.05) is 0 Å². The van der Waals surface area contributed by atoms with E-state index in [0.717, 1.165) is 0 Å². The third-order valence-electron chi connectivity index (χ3n) is 1.54. The zero-order chi connectivity index (χ0) is 6.20. The largest absolute Gasteiger partial charge is 0.297 e. The van der Waals surface area contributed by atoms with Crippen molar-refractivity contribution in [2.24, 2.45) is 5.73 Å². The van der Waals surface area contributed by atoms with Crippen molar-refractivity contribution in [2.45, 2.75) is 31.2 Å². The lowest BCUT2D eigenvalue weighted by Crippen LogP contribution is -2.39. The molecule has 9 heavy (non-hydrogen) atoms. The molecule has 0 amide bonds. The van der Waals surface area contributed by atoms with E-state index in [4.69, 9.17) is 5.73 Å². The summed E-state index contributed by atoms with van der Waals surface area (Å²) in [6, 6.07) is 0. The van der Waals surface area contributed by atoms with Crippen molar-refractivity contribution in [2.75, 3.05) is 0 Å². The van der Waals surface area contributed by atoms with Crippen LogP contribution >= 0.6 is 12.4 Å². The third-order valence-corrected chi connectivity index (χ3v) is 1.54. The van der Waals surface area contributed by atoms with Crippen LogP contribution in [0.15, 0.2) is 0 Å². The van der Waals surface area contributed by atoms with Crippen LogP contribution in [0.4, 0.5) is 8.78 Å². The Kier molecular flexibility index (Phi) is 2.83. The predicted octanol–water partition coefficient (Wildman–Crippen LogP) is 1.55. The smallest absolute Gasteiger partial charge is 0.190 e. The average Bonchev–Trinajstić information content (AvgIpc) is 1.86. The molecule has 1 aliphatic carbocycles. The summed E-state index contributed by atoms with van der Waals surface area (Å²) < 4.78 is 24.6. The molecular weight excluding hydrogens is 148 g/mol. The van der Waals surface area contributed by atoms with Crippen LogP contribution in [0.25, 0.3) is 0 Å². The van der Waals surface area contributed by atoms with Crippen LogP contribution in [0, 0.1) is 0 Å². The second-order valence-electron chi connectivity index (χ2n) is 2.29. The van der Waals surface area contributed by atoms with Gasteiger partial charge in [0.1, 0.15) is 6.17 Å². The number of hydrogen-bond donors (Lipinski definition) is 1. The van der Waals surface area contributed by atoms with Gasteiger partial charge in [-0.2, -0.15) is 0 Å². The summed E-state index contributed by atoms with van der Waals surface area (Å²) in [5, 5.41) is 0. The molecule has 0 aromatic carbocycles. The first-order chi connectivity index (χ1) is 3.63. The minimum Gasteiger partial charge on any atom is -0.297 e. The average molecular weight is 158 g/mol. The van der Waals surface area contributed by atoms with Crippen LogP contribution in [0.5, 0.6) is 0 Å². The monoisotopic (exact) mass is 157 g/mol. The maximum atomic E-state index is 12.4. The summed E-state index contributed by atoms with van der Waals surface area (Å²) in [6.45, 7) is 0. The lowest BCUT2D eigenvalue weighted by Gasteiger charge is -2.13. The Labute approximate surface area is 59.0 Å². The second-order valence-corrected chi connectivity index (χ2v) is 2.29. The fourth-order valence-corrected chi connectivity index (χ4v) is 0.949. The Hall–Kier alpha value is 0.110. The van der Waals surface area contributed by atoms with Crippen molar-refractivity contribution >= 4 is 12.4 Å². The highest BCUT2D eigenvalue weighted by molar-refractivity contribution is 5.85. The van der Waals surface area contributed by atoms with Crippen LogP contribution in [-0.2, 0) is 0 Å². The first-order valence-corrected chi connectivity index (χ1v) is 2.75. The highest BCUT2D eigenvalue weighted by Crippen LogP contribution is 2.30. The lowest BCUT2D eigenvalue weighted by atomic mass is 10.2. The summed E-state index contributed by atoms with van der Waals surface area (Å²) in [5.41, 5.74) is 4.88. The van der Waals surface area contributed by atoms with E-state index in [1.54, 1.807) is 0 Å². The highest BCUT2D eigenvalue weighted by Gasteiger charge is 2.39. The van der Waals surface area contributed by atoms with Crippen molar-refractivity contribution in [1.29, 1.82) is 0 Å². The van der Waals surface area contributed by atoms with Crippen molar-refractivity contribution < 1.29 is 8.78 Å². The van der Waals surface area contributed by atoms with Gasteiger partial charge in [-0.3, -0.25) is 5.73 Å². The van der Waals surface area contributed by atoms with Crippen molar-refractivity contribution in [3.05, 3.63) is 0 Å². The highest BCUT2D eigenvalue weighted by atomic mass is 35.5. The number of alkyl halides is 2. The summed E-state index contributed by atoms with van der Waals surface area (Å²) in [4.78, 5) is 0. The van der Waals surface area contributed by atoms with E-state index >= 15 is 0 Å². The van der Waals surface area contributed by atoms with Gasteiger partial charge >= 0.3 is 0 Å². The van der Waals surface area contributed by atoms with Gasteiger partial charge in [0.05, 0.1) is 0 Å². The van der Waals surface area contributed by atoms with Crippen molar-refractivity contribution in [1.82, 2.24) is 0 Å². The normalized spacial score (nSPS) is 42.3. The first-order valence-electron chi connectivity index (χ1n) is 2.75. The molecule has 4 heteroatoms. The molecule has 0 aromatic heterocycles. The molecule has 0 bridgehead atoms. The molecule has 0 aromatic rings. The quantitative estimate of drug-likeness (QED) is 0.531. The third kappa shape index (κ3) is 1.76. The molecular formula is C5H10ClF2N. The molecule has 2 unspecified atom stereocenters. The summed E-state index contributed by atoms with van der Waals surface area (Å²) >= 11 is 0. The Balaban J connectivity index is 0.000000640. The lowest BCUT2D eigenvalue weighted by molar-refractivity contribution is 0.0843. The molecule has 1 fully saturated rings. The van der Waals surface area contributed by atoms with Crippen LogP contribution in [0.1, 0.15) is 19.3 Å². The standard InChI is InChI=1S/C5H9F2N.ClH/c6-4-2-1-3-5(4,7)8;/h4H,1-3,8H2;1H. The van der Waals surface area contributed by atoms with Crippen LogP contribution in [-0.4, -0.2) is 12.0 Å². The minimum atomic E-state index is -2.01. The van der Waals surface area contributed by atoms with E-state index < -0.39 is 12.0 Å². The molecule has 0 radical (unpaired) electrons. The number of hydrogen-bond acceptors (Lipinski definition) is 1. The number of rotatable bonds is 0. The molecule has 0 spiro atoms. The molecule has 2 atom stereocenters. The van der Waals surface area contributed by atoms with E-state index in [-0.39, 0.29) is 25.2 Å². The van der Waals surface area contributed by atoms with E-state index in [1.165, 1.54) is 0 Å². The van der Waals surface area contributed by atoms with Crippen LogP contribution < -0.4 is 5.73 Å². The van der Waals surface area contributed by atoms with E-state index in [2.05, 4.69) is 0 Å². The summed E-state index contributed by atoms with van der Waals surface area (Å²) in [6.07, 6.45) is -0.391. The Bertz CT molecular complexity index is 97.0. The van der Waals surface area contributed by atoms with Crippen molar-refractivity contribution in [3.63, 3.8) is 0 Å². The topological polar surface area (TPSA) is 26.0 Å². The second kappa shape index (κ2) is 2.80. The van der Waals surface area contributed by atoms with E-state index in [9.17, 15) is 8.78 Å². The molecule has 1 nitrogen and oxygen atoms in total. The first kappa shape index (κ1) is 9.11. The van der Waals surface area contributed by atoms with Gasteiger partial charge in [0.2, 0.25) is 0 Å². The SMILES string of the molecule is Cl.NC1(F)CCCC1F. The zero-order valence-corrected chi connectivity index (χ0v) is 5.76. The predicted molar refractivity (Wildman–Crippen MR) is 34.0 cm³/mol. The Morgan fingerprint density at radius 1 is 1.56 bits per heavy atom. The molecule has 1 rings (SSSR count). The van der Waals surface area contributed by atoms with Gasteiger partial charge in [-0.25, -0.2) is 8.78 Å². The molecule has 0 saturated heterocycles. The van der Waals surface area contributed by atoms with Gasteiger partial charge in [-0.05, 0) is 19.3 Å². The molecule has 0 aliphatic heterocycles. The molecule has 1 saturated carbocycles. The molecule has 0 heterocycles. The molecule has 1 aliphatic rings. The molecule has 56 valence electrons. The maximum Gasteiger partial charge on any atom is 0.190 e. The van der Waals surface area contributed by atoms with Gasteiger partial charge in [0.15, 0.2) is 5.79 Å². The summed E-state index contributed by atoms with van der Waals surface area (Å²) in [7, 11) is 0. The minimum absolute atomic E-state index is 0. The van der Waals surface area contributed by atoms with Crippen molar-refractivity contribution in [3.8, 4) is 0 Å². The number of halogens is 3. The van der Waals surface area contributed by atoms with Gasteiger partial charge in [-0.15, -0.1) is 12.4 Å². The summed E-state index contributed by atoms with van der Waals surface area (Å²) in [5.74, 6) is -2.01. The van der Waals surface area contributed by atoms with Gasteiger partial charge < -0.3 is 0 Å². The van der Waals surface area contributed by atoms with Gasteiger partial charge in [-0.1, -0.05) is 0 Å². The maximum absolute atomic E-state index is 12.4. The van der Waals surface area contributed by atoms with Crippen LogP contribution in [0.3, 0.4) is 0 Å².